The lowest BCUT2D eigenvalue weighted by Crippen LogP contribution is -2.42. The van der Waals surface area contributed by atoms with E-state index in [0.717, 1.165) is 6.07 Å². The first kappa shape index (κ1) is 23.1. The minimum absolute atomic E-state index is 0.00108. The summed E-state index contributed by atoms with van der Waals surface area (Å²) in [5.41, 5.74) is -0.0842. The molecule has 30 heavy (non-hydrogen) atoms. The van der Waals surface area contributed by atoms with Gasteiger partial charge in [-0.3, -0.25) is 19.7 Å². The number of non-ortho nitro benzene ring substituents is 1. The van der Waals surface area contributed by atoms with Crippen molar-refractivity contribution >= 4 is 52.4 Å². The van der Waals surface area contributed by atoms with E-state index in [1.54, 1.807) is 12.1 Å². The van der Waals surface area contributed by atoms with E-state index < -0.39 is 34.9 Å². The number of nitrogens with one attached hydrogen (secondary N) is 2. The van der Waals surface area contributed by atoms with E-state index >= 15 is 0 Å². The van der Waals surface area contributed by atoms with Gasteiger partial charge in [-0.05, 0) is 32.0 Å². The Hall–Kier alpha value is -3.17. The van der Waals surface area contributed by atoms with Crippen LogP contribution in [0.1, 0.15) is 24.2 Å². The normalized spacial score (nSPS) is 12.4. The molecule has 9 nitrogen and oxygen atoms in total. The van der Waals surface area contributed by atoms with Crippen LogP contribution < -0.4 is 10.6 Å². The number of carbonyl (C=O) groups is 3. The number of halogens is 2. The van der Waals surface area contributed by atoms with Crippen LogP contribution >= 0.6 is 23.2 Å². The molecule has 0 aliphatic heterocycles. The molecule has 0 heterocycles. The third kappa shape index (κ3) is 5.91. The predicted molar refractivity (Wildman–Crippen MR) is 111 cm³/mol. The third-order valence-corrected chi connectivity index (χ3v) is 4.56. The molecular formula is C19H17Cl2N3O6. The van der Waals surface area contributed by atoms with Crippen LogP contribution in [0, 0.1) is 10.1 Å². The molecule has 2 aromatic carbocycles. The van der Waals surface area contributed by atoms with Crippen molar-refractivity contribution in [2.75, 3.05) is 5.32 Å². The van der Waals surface area contributed by atoms with Crippen LogP contribution in [-0.2, 0) is 14.3 Å². The van der Waals surface area contributed by atoms with Crippen LogP contribution in [0.3, 0.4) is 0 Å². The number of hydrogen-bond donors (Lipinski definition) is 2. The average Bonchev–Trinajstić information content (AvgIpc) is 2.69. The highest BCUT2D eigenvalue weighted by Crippen LogP contribution is 2.27. The molecule has 0 aliphatic rings. The van der Waals surface area contributed by atoms with Crippen molar-refractivity contribution in [1.29, 1.82) is 0 Å². The van der Waals surface area contributed by atoms with Crippen LogP contribution in [0.5, 0.6) is 0 Å². The molecule has 0 spiro atoms. The smallest absolute Gasteiger partial charge is 0.329 e. The number of nitro groups is 1. The van der Waals surface area contributed by atoms with Gasteiger partial charge in [-0.15, -0.1) is 0 Å². The maximum absolute atomic E-state index is 12.3. The summed E-state index contributed by atoms with van der Waals surface area (Å²) in [5, 5.41) is 16.0. The molecule has 158 valence electrons. The minimum Gasteiger partial charge on any atom is -0.451 e. The van der Waals surface area contributed by atoms with E-state index in [2.05, 4.69) is 10.6 Å². The number of ether oxygens (including phenoxy) is 1. The van der Waals surface area contributed by atoms with Crippen LogP contribution in [0.15, 0.2) is 42.5 Å². The number of benzene rings is 2. The summed E-state index contributed by atoms with van der Waals surface area (Å²) in [5.74, 6) is -2.19. The number of nitrogens with zero attached hydrogens (tertiary/aromatic N) is 1. The zero-order valence-electron chi connectivity index (χ0n) is 15.8. The maximum Gasteiger partial charge on any atom is 0.329 e. The van der Waals surface area contributed by atoms with Gasteiger partial charge < -0.3 is 15.4 Å². The largest absolute Gasteiger partial charge is 0.451 e. The van der Waals surface area contributed by atoms with Gasteiger partial charge in [0.1, 0.15) is 6.04 Å². The number of amides is 2. The molecule has 0 bridgehead atoms. The van der Waals surface area contributed by atoms with Gasteiger partial charge in [-0.2, -0.15) is 0 Å². The van der Waals surface area contributed by atoms with Gasteiger partial charge in [0.15, 0.2) is 6.10 Å². The second-order valence-electron chi connectivity index (χ2n) is 6.16. The van der Waals surface area contributed by atoms with Gasteiger partial charge in [-0.25, -0.2) is 4.79 Å². The van der Waals surface area contributed by atoms with Gasteiger partial charge in [0.25, 0.3) is 17.5 Å². The van der Waals surface area contributed by atoms with Gasteiger partial charge in [0.2, 0.25) is 0 Å². The summed E-state index contributed by atoms with van der Waals surface area (Å²) in [6.07, 6.45) is -1.26. The van der Waals surface area contributed by atoms with Crippen molar-refractivity contribution < 1.29 is 24.0 Å². The molecule has 2 rings (SSSR count). The molecule has 0 radical (unpaired) electrons. The first-order valence-corrected chi connectivity index (χ1v) is 9.36. The van der Waals surface area contributed by atoms with Gasteiger partial charge in [0.05, 0.1) is 26.2 Å². The number of rotatable bonds is 7. The second kappa shape index (κ2) is 10.0. The average molecular weight is 454 g/mol. The second-order valence-corrected chi connectivity index (χ2v) is 6.98. The first-order chi connectivity index (χ1) is 14.1. The van der Waals surface area contributed by atoms with E-state index in [9.17, 15) is 24.5 Å². The van der Waals surface area contributed by atoms with Crippen molar-refractivity contribution in [2.24, 2.45) is 0 Å². The fourth-order valence-electron chi connectivity index (χ4n) is 2.27. The minimum atomic E-state index is -1.26. The van der Waals surface area contributed by atoms with E-state index in [4.69, 9.17) is 27.9 Å². The van der Waals surface area contributed by atoms with Crippen LogP contribution in [-0.4, -0.2) is 34.9 Å². The first-order valence-electron chi connectivity index (χ1n) is 8.61. The summed E-state index contributed by atoms with van der Waals surface area (Å²) < 4.78 is 5.06. The SMILES string of the molecule is CC(NC(=O)c1ccccc1Cl)C(=O)OC(C)C(=O)Nc1cc([N+](=O)[O-])ccc1Cl. The Labute approximate surface area is 181 Å². The third-order valence-electron chi connectivity index (χ3n) is 3.90. The number of nitro benzene ring substituents is 1. The standard InChI is InChI=1S/C19H17Cl2N3O6/c1-10(22-18(26)13-5-3-4-6-14(13)20)19(27)30-11(2)17(25)23-16-9-12(24(28)29)7-8-15(16)21/h3-11H,1-2H3,(H,22,26)(H,23,25). The monoisotopic (exact) mass is 453 g/mol. The fourth-order valence-corrected chi connectivity index (χ4v) is 2.65. The number of anilines is 1. The summed E-state index contributed by atoms with van der Waals surface area (Å²) in [6.45, 7) is 2.69. The zero-order chi connectivity index (χ0) is 22.4. The number of hydrogen-bond acceptors (Lipinski definition) is 6. The Morgan fingerprint density at radius 2 is 1.73 bits per heavy atom. The van der Waals surface area contributed by atoms with E-state index in [0.29, 0.717) is 0 Å². The predicted octanol–water partition coefficient (Wildman–Crippen LogP) is 3.59. The zero-order valence-corrected chi connectivity index (χ0v) is 17.4. The van der Waals surface area contributed by atoms with Crippen molar-refractivity contribution in [1.82, 2.24) is 5.32 Å². The Bertz CT molecular complexity index is 998. The van der Waals surface area contributed by atoms with Gasteiger partial charge >= 0.3 is 5.97 Å². The van der Waals surface area contributed by atoms with E-state index in [1.165, 1.54) is 38.1 Å². The molecule has 0 saturated heterocycles. The molecule has 0 aliphatic carbocycles. The fraction of sp³-hybridized carbons (Fsp3) is 0.211. The van der Waals surface area contributed by atoms with Crippen LogP contribution in [0.4, 0.5) is 11.4 Å². The quantitative estimate of drug-likeness (QED) is 0.374. The van der Waals surface area contributed by atoms with Crippen molar-refractivity contribution in [3.8, 4) is 0 Å². The molecule has 2 aromatic rings. The van der Waals surface area contributed by atoms with Crippen molar-refractivity contribution in [2.45, 2.75) is 26.0 Å². The molecule has 0 fully saturated rings. The van der Waals surface area contributed by atoms with E-state index in [1.807, 2.05) is 0 Å². The Kier molecular flexibility index (Phi) is 7.73. The lowest BCUT2D eigenvalue weighted by atomic mass is 10.2. The molecule has 2 unspecified atom stereocenters. The molecule has 2 atom stereocenters. The molecule has 2 N–H and O–H groups in total. The number of esters is 1. The van der Waals surface area contributed by atoms with Crippen molar-refractivity contribution in [3.05, 3.63) is 68.2 Å². The van der Waals surface area contributed by atoms with Gasteiger partial charge in [-0.1, -0.05) is 35.3 Å². The van der Waals surface area contributed by atoms with Gasteiger partial charge in [0, 0.05) is 12.1 Å². The summed E-state index contributed by atoms with van der Waals surface area (Å²) in [4.78, 5) is 46.9. The highest BCUT2D eigenvalue weighted by Gasteiger charge is 2.25. The Balaban J connectivity index is 1.97. The lowest BCUT2D eigenvalue weighted by Gasteiger charge is -2.18. The molecule has 0 saturated carbocycles. The highest BCUT2D eigenvalue weighted by molar-refractivity contribution is 6.34. The van der Waals surface area contributed by atoms with Crippen LogP contribution in [0.2, 0.25) is 10.0 Å². The molecule has 2 amide bonds. The topological polar surface area (TPSA) is 128 Å². The highest BCUT2D eigenvalue weighted by atomic mass is 35.5. The molecule has 0 aromatic heterocycles. The van der Waals surface area contributed by atoms with Crippen LogP contribution in [0.25, 0.3) is 0 Å². The molecule has 11 heteroatoms. The summed E-state index contributed by atoms with van der Waals surface area (Å²) in [6, 6.07) is 8.77. The Morgan fingerprint density at radius 1 is 1.07 bits per heavy atom. The maximum atomic E-state index is 12.3. The van der Waals surface area contributed by atoms with E-state index in [-0.39, 0.29) is 27.0 Å². The molecular weight excluding hydrogens is 437 g/mol. The number of carbonyl (C=O) groups excluding carboxylic acids is 3. The summed E-state index contributed by atoms with van der Waals surface area (Å²) >= 11 is 11.9. The Morgan fingerprint density at radius 3 is 2.37 bits per heavy atom. The van der Waals surface area contributed by atoms with Crippen molar-refractivity contribution in [3.63, 3.8) is 0 Å². The lowest BCUT2D eigenvalue weighted by molar-refractivity contribution is -0.384. The summed E-state index contributed by atoms with van der Waals surface area (Å²) in [7, 11) is 0.